The molecule has 39 heavy (non-hydrogen) atoms. The summed E-state index contributed by atoms with van der Waals surface area (Å²) in [4.78, 5) is 39.9. The number of aromatic nitrogens is 2. The van der Waals surface area contributed by atoms with E-state index in [1.54, 1.807) is 11.0 Å². The number of anilines is 2. The summed E-state index contributed by atoms with van der Waals surface area (Å²) < 4.78 is 6.11. The number of hydrogen-bond donors (Lipinski definition) is 1. The molecule has 6 rings (SSSR count). The van der Waals surface area contributed by atoms with Crippen molar-refractivity contribution in [1.82, 2.24) is 14.9 Å². The van der Waals surface area contributed by atoms with Crippen molar-refractivity contribution in [3.8, 4) is 11.8 Å². The highest BCUT2D eigenvalue weighted by molar-refractivity contribution is 5.95. The molecule has 1 saturated carbocycles. The van der Waals surface area contributed by atoms with Crippen molar-refractivity contribution in [1.29, 1.82) is 0 Å². The lowest BCUT2D eigenvalue weighted by Gasteiger charge is -2.38. The molecule has 2 fully saturated rings. The number of phenolic OH excluding ortho intramolecular Hbond substituents is 1. The number of ketones is 1. The van der Waals surface area contributed by atoms with Gasteiger partial charge in [-0.2, -0.15) is 9.97 Å². The summed E-state index contributed by atoms with van der Waals surface area (Å²) in [6.45, 7) is 7.90. The van der Waals surface area contributed by atoms with E-state index in [9.17, 15) is 14.7 Å². The molecule has 0 radical (unpaired) electrons. The van der Waals surface area contributed by atoms with E-state index in [0.717, 1.165) is 52.9 Å². The van der Waals surface area contributed by atoms with Gasteiger partial charge in [-0.25, -0.2) is 0 Å². The Hall–Kier alpha value is -4.14. The van der Waals surface area contributed by atoms with Gasteiger partial charge in [-0.1, -0.05) is 30.8 Å². The number of Topliss-reactive ketones (excluding diaryl/α,β-unsaturated/α-hetero) is 1. The Bertz CT molecular complexity index is 1430. The van der Waals surface area contributed by atoms with Crippen molar-refractivity contribution >= 4 is 34.0 Å². The van der Waals surface area contributed by atoms with Crippen LogP contribution in [0.5, 0.6) is 11.8 Å². The van der Waals surface area contributed by atoms with Crippen LogP contribution in [0.4, 0.5) is 11.5 Å². The van der Waals surface area contributed by atoms with Gasteiger partial charge in [0.25, 0.3) is 0 Å². The van der Waals surface area contributed by atoms with E-state index >= 15 is 0 Å². The molecule has 9 heteroatoms. The van der Waals surface area contributed by atoms with Crippen LogP contribution in [0.15, 0.2) is 49.1 Å². The topological polar surface area (TPSA) is 99.1 Å². The van der Waals surface area contributed by atoms with Crippen molar-refractivity contribution in [3.63, 3.8) is 0 Å². The van der Waals surface area contributed by atoms with Gasteiger partial charge in [-0.05, 0) is 30.4 Å². The normalized spacial score (nSPS) is 19.3. The Morgan fingerprint density at radius 3 is 2.67 bits per heavy atom. The Morgan fingerprint density at radius 2 is 1.90 bits per heavy atom. The number of carbonyl (C=O) groups excluding carboxylic acids is 2. The van der Waals surface area contributed by atoms with Crippen LogP contribution in [0.1, 0.15) is 30.5 Å². The number of rotatable bonds is 6. The van der Waals surface area contributed by atoms with E-state index < -0.39 is 0 Å². The van der Waals surface area contributed by atoms with E-state index in [-0.39, 0.29) is 23.4 Å². The lowest BCUT2D eigenvalue weighted by molar-refractivity contribution is -0.126. The van der Waals surface area contributed by atoms with E-state index in [2.05, 4.69) is 22.4 Å². The van der Waals surface area contributed by atoms with Crippen LogP contribution in [0.3, 0.4) is 0 Å². The minimum atomic E-state index is -0.0523. The number of aromatic hydroxyl groups is 1. The van der Waals surface area contributed by atoms with Crippen LogP contribution >= 0.6 is 0 Å². The zero-order chi connectivity index (χ0) is 26.9. The number of amides is 1. The Balaban J connectivity index is 1.31. The second-order valence-corrected chi connectivity index (χ2v) is 10.6. The fraction of sp³-hybridized carbons (Fsp3) is 0.400. The lowest BCUT2D eigenvalue weighted by Crippen LogP contribution is -2.49. The smallest absolute Gasteiger partial charge is 0.318 e. The number of fused-ring (bicyclic) bond motifs is 2. The second-order valence-electron chi connectivity index (χ2n) is 10.6. The fourth-order valence-corrected chi connectivity index (χ4v) is 5.95. The standard InChI is InChI=1S/C30H33N5O4/c1-2-28(38)33-11-13-34(14-12-33)29-25-9-10-35(27-17-23(37)16-21-5-3-4-6-24(21)27)18-26(25)31-30(32-29)39-19-20-7-8-22(36)15-20/h2-6,16-17,20,37H,1,7-15,18-19H2/t20-/m0/s1. The van der Waals surface area contributed by atoms with Crippen molar-refractivity contribution in [2.24, 2.45) is 5.92 Å². The Kier molecular flexibility index (Phi) is 6.81. The van der Waals surface area contributed by atoms with Gasteiger partial charge in [0, 0.05) is 74.2 Å². The number of hydrogen-bond acceptors (Lipinski definition) is 8. The maximum atomic E-state index is 12.1. The summed E-state index contributed by atoms with van der Waals surface area (Å²) >= 11 is 0. The molecular weight excluding hydrogens is 494 g/mol. The summed E-state index contributed by atoms with van der Waals surface area (Å²) in [7, 11) is 0. The molecule has 2 aromatic carbocycles. The van der Waals surface area contributed by atoms with Crippen LogP contribution in [-0.4, -0.2) is 71.0 Å². The van der Waals surface area contributed by atoms with Gasteiger partial charge < -0.3 is 24.5 Å². The third-order valence-corrected chi connectivity index (χ3v) is 8.05. The van der Waals surface area contributed by atoms with E-state index in [0.29, 0.717) is 58.2 Å². The number of ether oxygens (including phenoxy) is 1. The number of carbonyl (C=O) groups is 2. The number of phenols is 1. The first-order valence-corrected chi connectivity index (χ1v) is 13.7. The molecular formula is C30H33N5O4. The molecule has 2 aliphatic heterocycles. The molecule has 3 aromatic rings. The first-order valence-electron chi connectivity index (χ1n) is 13.7. The summed E-state index contributed by atoms with van der Waals surface area (Å²) in [5.74, 6) is 1.54. The molecule has 0 spiro atoms. The summed E-state index contributed by atoms with van der Waals surface area (Å²) in [6, 6.07) is 12.0. The van der Waals surface area contributed by atoms with Crippen LogP contribution in [0.2, 0.25) is 0 Å². The van der Waals surface area contributed by atoms with Crippen LogP contribution in [0.25, 0.3) is 10.8 Å². The predicted molar refractivity (Wildman–Crippen MR) is 149 cm³/mol. The van der Waals surface area contributed by atoms with Gasteiger partial charge in [-0.3, -0.25) is 9.59 Å². The SMILES string of the molecule is C=CC(=O)N1CCN(c2nc(OC[C@H]3CCC(=O)C3)nc3c2CCN(c2cc(O)cc4ccccc24)C3)CC1. The highest BCUT2D eigenvalue weighted by Crippen LogP contribution is 2.36. The van der Waals surface area contributed by atoms with Crippen molar-refractivity contribution in [2.75, 3.05) is 49.1 Å². The van der Waals surface area contributed by atoms with Gasteiger partial charge in [0.05, 0.1) is 18.8 Å². The van der Waals surface area contributed by atoms with Gasteiger partial charge in [-0.15, -0.1) is 0 Å². The average molecular weight is 528 g/mol. The summed E-state index contributed by atoms with van der Waals surface area (Å²) in [6.07, 6.45) is 4.12. The highest BCUT2D eigenvalue weighted by atomic mass is 16.5. The largest absolute Gasteiger partial charge is 0.508 e. The van der Waals surface area contributed by atoms with Crippen LogP contribution in [0, 0.1) is 5.92 Å². The van der Waals surface area contributed by atoms with Crippen molar-refractivity contribution in [2.45, 2.75) is 32.2 Å². The minimum absolute atomic E-state index is 0.0523. The Morgan fingerprint density at radius 1 is 1.08 bits per heavy atom. The lowest BCUT2D eigenvalue weighted by atomic mass is 10.0. The molecule has 0 bridgehead atoms. The van der Waals surface area contributed by atoms with Crippen LogP contribution in [-0.2, 0) is 22.6 Å². The van der Waals surface area contributed by atoms with Crippen molar-refractivity contribution < 1.29 is 19.4 Å². The van der Waals surface area contributed by atoms with Gasteiger partial charge in [0.15, 0.2) is 0 Å². The fourth-order valence-electron chi connectivity index (χ4n) is 5.95. The third kappa shape index (κ3) is 5.13. The zero-order valence-electron chi connectivity index (χ0n) is 22.0. The van der Waals surface area contributed by atoms with Gasteiger partial charge in [0.2, 0.25) is 5.91 Å². The van der Waals surface area contributed by atoms with Crippen LogP contribution < -0.4 is 14.5 Å². The molecule has 1 aromatic heterocycles. The van der Waals surface area contributed by atoms with Gasteiger partial charge in [0.1, 0.15) is 17.4 Å². The summed E-state index contributed by atoms with van der Waals surface area (Å²) in [5.41, 5.74) is 2.98. The number of nitrogens with zero attached hydrogens (tertiary/aromatic N) is 5. The first kappa shape index (κ1) is 25.2. The number of benzene rings is 2. The molecule has 1 N–H and O–H groups in total. The maximum absolute atomic E-state index is 12.1. The molecule has 1 aliphatic carbocycles. The predicted octanol–water partition coefficient (Wildman–Crippen LogP) is 3.48. The average Bonchev–Trinajstić information content (AvgIpc) is 3.39. The maximum Gasteiger partial charge on any atom is 0.318 e. The third-order valence-electron chi connectivity index (χ3n) is 8.05. The Labute approximate surface area is 227 Å². The molecule has 1 amide bonds. The number of piperazine rings is 1. The quantitative estimate of drug-likeness (QED) is 0.487. The molecule has 202 valence electrons. The monoisotopic (exact) mass is 527 g/mol. The molecule has 9 nitrogen and oxygen atoms in total. The van der Waals surface area contributed by atoms with E-state index in [4.69, 9.17) is 14.7 Å². The molecule has 3 aliphatic rings. The molecule has 0 unspecified atom stereocenters. The van der Waals surface area contributed by atoms with E-state index in [1.807, 2.05) is 24.3 Å². The van der Waals surface area contributed by atoms with Gasteiger partial charge >= 0.3 is 6.01 Å². The molecule has 1 saturated heterocycles. The molecule has 1 atom stereocenters. The first-order chi connectivity index (χ1) is 19.0. The minimum Gasteiger partial charge on any atom is -0.508 e. The molecule has 3 heterocycles. The second kappa shape index (κ2) is 10.6. The summed E-state index contributed by atoms with van der Waals surface area (Å²) in [5, 5.41) is 12.5. The highest BCUT2D eigenvalue weighted by Gasteiger charge is 2.30. The van der Waals surface area contributed by atoms with Crippen molar-refractivity contribution in [3.05, 3.63) is 60.3 Å². The zero-order valence-corrected chi connectivity index (χ0v) is 22.0. The van der Waals surface area contributed by atoms with E-state index in [1.165, 1.54) is 6.08 Å².